The molecule has 2 aromatic heterocycles. The van der Waals surface area contributed by atoms with E-state index in [0.29, 0.717) is 12.5 Å². The second kappa shape index (κ2) is 9.25. The van der Waals surface area contributed by atoms with Gasteiger partial charge in [-0.1, -0.05) is 20.8 Å². The number of amides is 1. The lowest BCUT2D eigenvalue weighted by atomic mass is 9.89. The third kappa shape index (κ3) is 5.44. The van der Waals surface area contributed by atoms with Gasteiger partial charge in [0.05, 0.1) is 5.69 Å². The number of piperidine rings is 2. The first kappa shape index (κ1) is 22.2. The highest BCUT2D eigenvalue weighted by Crippen LogP contribution is 2.30. The number of carbonyl (C=O) groups excluding carboxylic acids is 1. The van der Waals surface area contributed by atoms with E-state index in [0.717, 1.165) is 63.4 Å². The lowest BCUT2D eigenvalue weighted by Gasteiger charge is -2.36. The summed E-state index contributed by atoms with van der Waals surface area (Å²) in [5, 5.41) is 4.34. The largest absolute Gasteiger partial charge is 0.342 e. The van der Waals surface area contributed by atoms with E-state index < -0.39 is 0 Å². The van der Waals surface area contributed by atoms with Crippen LogP contribution < -0.4 is 5.56 Å². The van der Waals surface area contributed by atoms with Gasteiger partial charge in [0.25, 0.3) is 5.56 Å². The van der Waals surface area contributed by atoms with E-state index in [9.17, 15) is 9.59 Å². The predicted molar refractivity (Wildman–Crippen MR) is 124 cm³/mol. The van der Waals surface area contributed by atoms with Crippen molar-refractivity contribution in [2.45, 2.75) is 64.8 Å². The van der Waals surface area contributed by atoms with Crippen LogP contribution >= 0.6 is 11.3 Å². The minimum Gasteiger partial charge on any atom is -0.342 e. The lowest BCUT2D eigenvalue weighted by molar-refractivity contribution is -0.140. The Labute approximate surface area is 188 Å². The van der Waals surface area contributed by atoms with Crippen LogP contribution in [-0.2, 0) is 11.3 Å². The molecule has 1 N–H and O–H groups in total. The van der Waals surface area contributed by atoms with Crippen molar-refractivity contribution in [1.82, 2.24) is 19.8 Å². The van der Waals surface area contributed by atoms with Crippen LogP contribution in [0.1, 0.15) is 75.4 Å². The summed E-state index contributed by atoms with van der Waals surface area (Å²) in [5.74, 6) is 1.44. The Morgan fingerprint density at radius 2 is 1.97 bits per heavy atom. The summed E-state index contributed by atoms with van der Waals surface area (Å²) in [4.78, 5) is 37.6. The third-order valence-corrected chi connectivity index (χ3v) is 7.24. The molecule has 0 aromatic carbocycles. The fourth-order valence-corrected chi connectivity index (χ4v) is 5.44. The van der Waals surface area contributed by atoms with Crippen LogP contribution in [0.25, 0.3) is 0 Å². The van der Waals surface area contributed by atoms with Gasteiger partial charge in [-0.25, -0.2) is 4.98 Å². The Kier molecular flexibility index (Phi) is 6.63. The standard InChI is InChI=1S/C24H34N4O2S/c1-24(2,3)23(30)28-9-4-5-19(15-28)20-13-21(29)26-22(25-20)18-6-10-27(11-7-18)14-17-8-12-31-16-17/h8,12-13,16,18-19H,4-7,9-11,14-15H2,1-3H3,(H,25,26,29)/t19-/m1/s1. The molecule has 7 heteroatoms. The molecule has 31 heavy (non-hydrogen) atoms. The zero-order valence-electron chi connectivity index (χ0n) is 18.9. The average molecular weight is 443 g/mol. The van der Waals surface area contributed by atoms with Gasteiger partial charge >= 0.3 is 0 Å². The van der Waals surface area contributed by atoms with Crippen LogP contribution in [0.5, 0.6) is 0 Å². The summed E-state index contributed by atoms with van der Waals surface area (Å²) in [6, 6.07) is 3.84. The molecular formula is C24H34N4O2S. The monoisotopic (exact) mass is 442 g/mol. The maximum Gasteiger partial charge on any atom is 0.251 e. The number of hydrogen-bond donors (Lipinski definition) is 1. The van der Waals surface area contributed by atoms with Crippen molar-refractivity contribution in [2.24, 2.45) is 5.41 Å². The maximum absolute atomic E-state index is 12.8. The highest BCUT2D eigenvalue weighted by atomic mass is 32.1. The number of thiophene rings is 1. The predicted octanol–water partition coefficient (Wildman–Crippen LogP) is 3.96. The minimum absolute atomic E-state index is 0.0695. The molecule has 4 heterocycles. The zero-order valence-corrected chi connectivity index (χ0v) is 19.7. The molecule has 0 saturated carbocycles. The Balaban J connectivity index is 1.43. The van der Waals surface area contributed by atoms with Gasteiger partial charge in [-0.3, -0.25) is 14.5 Å². The van der Waals surface area contributed by atoms with Crippen molar-refractivity contribution >= 4 is 17.2 Å². The zero-order chi connectivity index (χ0) is 22.0. The molecule has 2 aliphatic heterocycles. The number of likely N-dealkylation sites (tertiary alicyclic amines) is 2. The Morgan fingerprint density at radius 3 is 2.65 bits per heavy atom. The van der Waals surface area contributed by atoms with Gasteiger partial charge in [-0.05, 0) is 61.2 Å². The van der Waals surface area contributed by atoms with E-state index in [1.54, 1.807) is 17.4 Å². The summed E-state index contributed by atoms with van der Waals surface area (Å²) >= 11 is 1.74. The molecule has 2 aromatic rings. The van der Waals surface area contributed by atoms with Crippen LogP contribution in [0.3, 0.4) is 0 Å². The number of aromatic amines is 1. The van der Waals surface area contributed by atoms with Crippen molar-refractivity contribution < 1.29 is 4.79 Å². The van der Waals surface area contributed by atoms with Crippen molar-refractivity contribution in [3.8, 4) is 0 Å². The smallest absolute Gasteiger partial charge is 0.251 e. The van der Waals surface area contributed by atoms with E-state index in [4.69, 9.17) is 4.98 Å². The Morgan fingerprint density at radius 1 is 1.19 bits per heavy atom. The first-order valence-corrected chi connectivity index (χ1v) is 12.4. The number of hydrogen-bond acceptors (Lipinski definition) is 5. The number of nitrogens with zero attached hydrogens (tertiary/aromatic N) is 3. The van der Waals surface area contributed by atoms with Gasteiger partial charge in [0.15, 0.2) is 0 Å². The summed E-state index contributed by atoms with van der Waals surface area (Å²) in [7, 11) is 0. The third-order valence-electron chi connectivity index (χ3n) is 6.51. The highest BCUT2D eigenvalue weighted by Gasteiger charge is 2.32. The van der Waals surface area contributed by atoms with E-state index >= 15 is 0 Å². The number of aromatic nitrogens is 2. The molecule has 6 nitrogen and oxygen atoms in total. The van der Waals surface area contributed by atoms with Gasteiger partial charge in [0.2, 0.25) is 5.91 Å². The highest BCUT2D eigenvalue weighted by molar-refractivity contribution is 7.07. The second-order valence-corrected chi connectivity index (χ2v) is 10.9. The van der Waals surface area contributed by atoms with Crippen LogP contribution in [-0.4, -0.2) is 51.9 Å². The van der Waals surface area contributed by atoms with Crippen LogP contribution in [0.4, 0.5) is 0 Å². The molecule has 4 rings (SSSR count). The van der Waals surface area contributed by atoms with E-state index in [1.165, 1.54) is 5.56 Å². The molecule has 2 fully saturated rings. The molecule has 0 unspecified atom stereocenters. The van der Waals surface area contributed by atoms with Gasteiger partial charge in [-0.15, -0.1) is 0 Å². The molecule has 168 valence electrons. The molecule has 0 radical (unpaired) electrons. The molecule has 0 spiro atoms. The minimum atomic E-state index is -0.383. The van der Waals surface area contributed by atoms with E-state index in [1.807, 2.05) is 25.7 Å². The van der Waals surface area contributed by atoms with E-state index in [2.05, 4.69) is 26.7 Å². The van der Waals surface area contributed by atoms with E-state index in [-0.39, 0.29) is 22.8 Å². The molecule has 2 saturated heterocycles. The van der Waals surface area contributed by atoms with Gasteiger partial charge in [-0.2, -0.15) is 11.3 Å². The van der Waals surface area contributed by atoms with Crippen molar-refractivity contribution in [3.05, 3.63) is 50.3 Å². The molecule has 2 aliphatic rings. The fourth-order valence-electron chi connectivity index (χ4n) is 4.78. The Bertz CT molecular complexity index is 939. The number of rotatable bonds is 4. The molecule has 0 aliphatic carbocycles. The van der Waals surface area contributed by atoms with Crippen LogP contribution in [0, 0.1) is 5.41 Å². The Hall–Kier alpha value is -1.99. The topological polar surface area (TPSA) is 69.3 Å². The molecule has 1 amide bonds. The van der Waals surface area contributed by atoms with Crippen LogP contribution in [0.15, 0.2) is 27.7 Å². The summed E-state index contributed by atoms with van der Waals surface area (Å²) < 4.78 is 0. The fraction of sp³-hybridized carbons (Fsp3) is 0.625. The van der Waals surface area contributed by atoms with Crippen LogP contribution in [0.2, 0.25) is 0 Å². The molecule has 1 atom stereocenters. The van der Waals surface area contributed by atoms with Crippen molar-refractivity contribution in [3.63, 3.8) is 0 Å². The number of H-pyrrole nitrogens is 1. The van der Waals surface area contributed by atoms with Crippen molar-refractivity contribution in [1.29, 1.82) is 0 Å². The summed E-state index contributed by atoms with van der Waals surface area (Å²) in [5.41, 5.74) is 1.78. The van der Waals surface area contributed by atoms with Gasteiger partial charge < -0.3 is 9.88 Å². The number of nitrogens with one attached hydrogen (secondary N) is 1. The molecule has 0 bridgehead atoms. The summed E-state index contributed by atoms with van der Waals surface area (Å²) in [6.45, 7) is 10.4. The lowest BCUT2D eigenvalue weighted by Crippen LogP contribution is -2.45. The first-order chi connectivity index (χ1) is 14.8. The van der Waals surface area contributed by atoms with Crippen molar-refractivity contribution in [2.75, 3.05) is 26.2 Å². The summed E-state index contributed by atoms with van der Waals surface area (Å²) in [6.07, 6.45) is 3.95. The number of carbonyl (C=O) groups is 1. The first-order valence-electron chi connectivity index (χ1n) is 11.4. The quantitative estimate of drug-likeness (QED) is 0.778. The molecular weight excluding hydrogens is 408 g/mol. The normalized spacial score (nSPS) is 21.4. The van der Waals surface area contributed by atoms with Gasteiger partial charge in [0, 0.05) is 43.0 Å². The average Bonchev–Trinajstić information content (AvgIpc) is 3.26. The maximum atomic E-state index is 12.8. The SMILES string of the molecule is CC(C)(C)C(=O)N1CCC[C@@H](c2cc(=O)[nH]c(C3CCN(Cc4ccsc4)CC3)n2)C1. The second-order valence-electron chi connectivity index (χ2n) is 10.1. The van der Waals surface area contributed by atoms with Gasteiger partial charge in [0.1, 0.15) is 5.82 Å².